The molecule has 0 radical (unpaired) electrons. The number of hydrogen-bond donors (Lipinski definition) is 1. The minimum Gasteiger partial charge on any atom is -0.492 e. The first-order valence-electron chi connectivity index (χ1n) is 8.97. The van der Waals surface area contributed by atoms with Gasteiger partial charge in [0, 0.05) is 5.02 Å². The van der Waals surface area contributed by atoms with Gasteiger partial charge in [-0.3, -0.25) is 4.79 Å². The lowest BCUT2D eigenvalue weighted by atomic mass is 10.1. The zero-order chi connectivity index (χ0) is 19.1. The molecule has 0 spiro atoms. The van der Waals surface area contributed by atoms with Gasteiger partial charge in [0.05, 0.1) is 6.54 Å². The Morgan fingerprint density at radius 2 is 1.70 bits per heavy atom. The van der Waals surface area contributed by atoms with E-state index >= 15 is 0 Å². The normalized spacial score (nSPS) is 11.8. The van der Waals surface area contributed by atoms with Gasteiger partial charge in [0.25, 0.3) is 5.91 Å². The van der Waals surface area contributed by atoms with Gasteiger partial charge in [0.15, 0.2) is 6.10 Å². The van der Waals surface area contributed by atoms with E-state index in [4.69, 9.17) is 21.1 Å². The third kappa shape index (κ3) is 5.38. The highest BCUT2D eigenvalue weighted by molar-refractivity contribution is 6.30. The van der Waals surface area contributed by atoms with Crippen LogP contribution in [-0.2, 0) is 4.79 Å². The molecule has 0 aliphatic rings. The molecule has 0 aliphatic heterocycles. The highest BCUT2D eigenvalue weighted by Gasteiger charge is 2.17. The molecule has 3 rings (SSSR count). The third-order valence-corrected chi connectivity index (χ3v) is 4.40. The number of nitrogens with one attached hydrogen (secondary N) is 1. The minimum absolute atomic E-state index is 0.158. The topological polar surface area (TPSA) is 47.6 Å². The van der Waals surface area contributed by atoms with Crippen LogP contribution >= 0.6 is 11.6 Å². The number of rotatable bonds is 8. The van der Waals surface area contributed by atoms with Gasteiger partial charge in [-0.2, -0.15) is 0 Å². The predicted octanol–water partition coefficient (Wildman–Crippen LogP) is 4.85. The number of hydrogen-bond acceptors (Lipinski definition) is 3. The van der Waals surface area contributed by atoms with Crippen LogP contribution < -0.4 is 14.8 Å². The predicted molar refractivity (Wildman–Crippen MR) is 109 cm³/mol. The number of amides is 1. The first kappa shape index (κ1) is 19.1. The average molecular weight is 384 g/mol. The van der Waals surface area contributed by atoms with E-state index in [0.29, 0.717) is 30.3 Å². The van der Waals surface area contributed by atoms with E-state index in [2.05, 4.69) is 11.4 Å². The largest absolute Gasteiger partial charge is 0.492 e. The zero-order valence-electron chi connectivity index (χ0n) is 15.2. The minimum atomic E-state index is -0.549. The van der Waals surface area contributed by atoms with Crippen LogP contribution in [0.2, 0.25) is 5.02 Å². The van der Waals surface area contributed by atoms with E-state index in [1.807, 2.05) is 43.3 Å². The number of halogens is 1. The standard InChI is InChI=1S/C22H22ClNO3/c1-2-21(27-19-11-8-18(23)9-12-19)22(25)24-13-14-26-20-10-7-16-5-3-4-6-17(16)15-20/h3-12,15,21H,2,13-14H2,1H3,(H,24,25)/t21-/m0/s1. The summed E-state index contributed by atoms with van der Waals surface area (Å²) in [7, 11) is 0. The summed E-state index contributed by atoms with van der Waals surface area (Å²) in [5, 5.41) is 5.78. The van der Waals surface area contributed by atoms with Gasteiger partial charge in [-0.15, -0.1) is 0 Å². The highest BCUT2D eigenvalue weighted by atomic mass is 35.5. The number of fused-ring (bicyclic) bond motifs is 1. The maximum atomic E-state index is 12.3. The smallest absolute Gasteiger partial charge is 0.261 e. The number of carbonyl (C=O) groups excluding carboxylic acids is 1. The third-order valence-electron chi connectivity index (χ3n) is 4.15. The maximum absolute atomic E-state index is 12.3. The van der Waals surface area contributed by atoms with E-state index in [0.717, 1.165) is 11.1 Å². The maximum Gasteiger partial charge on any atom is 0.261 e. The van der Waals surface area contributed by atoms with Crippen LogP contribution in [-0.4, -0.2) is 25.2 Å². The SMILES string of the molecule is CC[C@H](Oc1ccc(Cl)cc1)C(=O)NCCOc1ccc2ccccc2c1. The molecule has 1 atom stereocenters. The lowest BCUT2D eigenvalue weighted by Crippen LogP contribution is -2.39. The number of carbonyl (C=O) groups is 1. The summed E-state index contributed by atoms with van der Waals surface area (Å²) in [5.74, 6) is 1.25. The van der Waals surface area contributed by atoms with Crippen molar-refractivity contribution in [2.45, 2.75) is 19.4 Å². The van der Waals surface area contributed by atoms with Crippen molar-refractivity contribution in [2.75, 3.05) is 13.2 Å². The summed E-state index contributed by atoms with van der Waals surface area (Å²) < 4.78 is 11.5. The first-order chi connectivity index (χ1) is 13.2. The van der Waals surface area contributed by atoms with Crippen molar-refractivity contribution >= 4 is 28.3 Å². The fourth-order valence-electron chi connectivity index (χ4n) is 2.71. The highest BCUT2D eigenvalue weighted by Crippen LogP contribution is 2.20. The molecule has 5 heteroatoms. The Balaban J connectivity index is 1.46. The molecule has 0 aromatic heterocycles. The van der Waals surface area contributed by atoms with Gasteiger partial charge >= 0.3 is 0 Å². The van der Waals surface area contributed by atoms with Crippen molar-refractivity contribution in [1.29, 1.82) is 0 Å². The van der Waals surface area contributed by atoms with Crippen molar-refractivity contribution in [2.24, 2.45) is 0 Å². The molecule has 0 heterocycles. The van der Waals surface area contributed by atoms with Crippen LogP contribution in [0.25, 0.3) is 10.8 Å². The summed E-state index contributed by atoms with van der Waals surface area (Å²) in [4.78, 5) is 12.3. The van der Waals surface area contributed by atoms with Gasteiger partial charge < -0.3 is 14.8 Å². The second-order valence-corrected chi connectivity index (χ2v) is 6.55. The van der Waals surface area contributed by atoms with Crippen molar-refractivity contribution < 1.29 is 14.3 Å². The molecular weight excluding hydrogens is 362 g/mol. The molecule has 0 saturated heterocycles. The van der Waals surface area contributed by atoms with Gasteiger partial charge in [0.2, 0.25) is 0 Å². The lowest BCUT2D eigenvalue weighted by Gasteiger charge is -2.17. The lowest BCUT2D eigenvalue weighted by molar-refractivity contribution is -0.128. The van der Waals surface area contributed by atoms with Gasteiger partial charge in [0.1, 0.15) is 18.1 Å². The molecule has 4 nitrogen and oxygen atoms in total. The molecule has 0 saturated carbocycles. The fourth-order valence-corrected chi connectivity index (χ4v) is 2.84. The molecule has 3 aromatic rings. The number of ether oxygens (including phenoxy) is 2. The van der Waals surface area contributed by atoms with Crippen molar-refractivity contribution in [3.63, 3.8) is 0 Å². The van der Waals surface area contributed by atoms with Crippen LogP contribution in [0.4, 0.5) is 0 Å². The van der Waals surface area contributed by atoms with E-state index in [-0.39, 0.29) is 5.91 Å². The van der Waals surface area contributed by atoms with E-state index in [1.165, 1.54) is 5.39 Å². The summed E-state index contributed by atoms with van der Waals surface area (Å²) in [6.07, 6.45) is 0.0202. The van der Waals surface area contributed by atoms with E-state index in [1.54, 1.807) is 24.3 Å². The summed E-state index contributed by atoms with van der Waals surface area (Å²) in [5.41, 5.74) is 0. The van der Waals surface area contributed by atoms with Crippen LogP contribution in [0.1, 0.15) is 13.3 Å². The Kier molecular flexibility index (Phi) is 6.55. The monoisotopic (exact) mass is 383 g/mol. The van der Waals surface area contributed by atoms with Crippen molar-refractivity contribution in [1.82, 2.24) is 5.32 Å². The van der Waals surface area contributed by atoms with Crippen molar-refractivity contribution in [3.05, 3.63) is 71.8 Å². The van der Waals surface area contributed by atoms with Crippen LogP contribution in [0.5, 0.6) is 11.5 Å². The van der Waals surface area contributed by atoms with Crippen molar-refractivity contribution in [3.8, 4) is 11.5 Å². The van der Waals surface area contributed by atoms with Gasteiger partial charge in [-0.1, -0.05) is 48.9 Å². The van der Waals surface area contributed by atoms with E-state index < -0.39 is 6.10 Å². The van der Waals surface area contributed by atoms with E-state index in [9.17, 15) is 4.79 Å². The molecule has 0 bridgehead atoms. The first-order valence-corrected chi connectivity index (χ1v) is 9.35. The zero-order valence-corrected chi connectivity index (χ0v) is 15.9. The fraction of sp³-hybridized carbons (Fsp3) is 0.227. The quantitative estimate of drug-likeness (QED) is 0.566. The molecule has 1 N–H and O–H groups in total. The molecule has 0 fully saturated rings. The molecular formula is C22H22ClNO3. The second-order valence-electron chi connectivity index (χ2n) is 6.12. The Bertz CT molecular complexity index is 895. The summed E-state index contributed by atoms with van der Waals surface area (Å²) >= 11 is 5.86. The Hall–Kier alpha value is -2.72. The van der Waals surface area contributed by atoms with Gasteiger partial charge in [-0.25, -0.2) is 0 Å². The summed E-state index contributed by atoms with van der Waals surface area (Å²) in [6.45, 7) is 2.71. The van der Waals surface area contributed by atoms with Crippen LogP contribution in [0.3, 0.4) is 0 Å². The number of benzene rings is 3. The Morgan fingerprint density at radius 1 is 1.00 bits per heavy atom. The Morgan fingerprint density at radius 3 is 2.44 bits per heavy atom. The molecule has 0 unspecified atom stereocenters. The van der Waals surface area contributed by atoms with Gasteiger partial charge in [-0.05, 0) is 53.6 Å². The average Bonchev–Trinajstić information content (AvgIpc) is 2.70. The molecule has 3 aromatic carbocycles. The molecule has 1 amide bonds. The second kappa shape index (κ2) is 9.28. The van der Waals surface area contributed by atoms with Crippen LogP contribution in [0, 0.1) is 0 Å². The molecule has 0 aliphatic carbocycles. The van der Waals surface area contributed by atoms with Crippen LogP contribution in [0.15, 0.2) is 66.7 Å². The summed E-state index contributed by atoms with van der Waals surface area (Å²) in [6, 6.07) is 21.0. The molecule has 27 heavy (non-hydrogen) atoms. The Labute approximate surface area is 164 Å². The molecule has 140 valence electrons.